The average Bonchev–Trinajstić information content (AvgIpc) is 2.53. The number of Topliss-reactive ketones (excluding diaryl/α,β-unsaturated/α-hetero) is 1. The maximum absolute atomic E-state index is 11.6. The second kappa shape index (κ2) is 6.40. The Bertz CT molecular complexity index is 596. The largest absolute Gasteiger partial charge is 0.370 e. The van der Waals surface area contributed by atoms with Crippen molar-refractivity contribution in [2.75, 3.05) is 25.0 Å². The Labute approximate surface area is 124 Å². The van der Waals surface area contributed by atoms with Crippen molar-refractivity contribution in [1.82, 2.24) is 5.32 Å². The first-order chi connectivity index (χ1) is 10.1. The monoisotopic (exact) mass is 285 g/mol. The van der Waals surface area contributed by atoms with E-state index in [0.29, 0.717) is 24.2 Å². The van der Waals surface area contributed by atoms with E-state index in [1.54, 1.807) is 25.2 Å². The van der Waals surface area contributed by atoms with Gasteiger partial charge < -0.3 is 10.2 Å². The van der Waals surface area contributed by atoms with Gasteiger partial charge in [0.1, 0.15) is 6.07 Å². The predicted molar refractivity (Wildman–Crippen MR) is 80.2 cm³/mol. The molecule has 0 atom stereocenters. The van der Waals surface area contributed by atoms with Crippen LogP contribution in [0.1, 0.15) is 35.7 Å². The van der Waals surface area contributed by atoms with Crippen LogP contribution in [0, 0.1) is 17.2 Å². The van der Waals surface area contributed by atoms with Crippen molar-refractivity contribution in [2.45, 2.75) is 19.8 Å². The van der Waals surface area contributed by atoms with Gasteiger partial charge in [0.25, 0.3) is 0 Å². The Morgan fingerprint density at radius 3 is 2.52 bits per heavy atom. The minimum Gasteiger partial charge on any atom is -0.370 e. The number of piperidine rings is 1. The molecule has 0 radical (unpaired) electrons. The van der Waals surface area contributed by atoms with E-state index in [1.165, 1.54) is 6.92 Å². The van der Waals surface area contributed by atoms with E-state index in [9.17, 15) is 14.9 Å². The lowest BCUT2D eigenvalue weighted by atomic mass is 9.94. The second-order valence-corrected chi connectivity index (χ2v) is 5.28. The molecule has 1 N–H and O–H groups in total. The number of rotatable bonds is 3. The maximum Gasteiger partial charge on any atom is 0.222 e. The number of nitrogens with one attached hydrogen (secondary N) is 1. The highest BCUT2D eigenvalue weighted by molar-refractivity contribution is 5.95. The van der Waals surface area contributed by atoms with Gasteiger partial charge in [0, 0.05) is 31.6 Å². The van der Waals surface area contributed by atoms with Crippen molar-refractivity contribution in [3.8, 4) is 6.07 Å². The first-order valence-corrected chi connectivity index (χ1v) is 7.08. The minimum atomic E-state index is -0.0130. The smallest absolute Gasteiger partial charge is 0.222 e. The summed E-state index contributed by atoms with van der Waals surface area (Å²) in [6, 6.07) is 7.32. The Hall–Kier alpha value is -2.35. The van der Waals surface area contributed by atoms with Gasteiger partial charge in [-0.15, -0.1) is 0 Å². The molecule has 21 heavy (non-hydrogen) atoms. The second-order valence-electron chi connectivity index (χ2n) is 5.28. The molecule has 1 aliphatic heterocycles. The molecule has 1 saturated heterocycles. The number of hydrogen-bond acceptors (Lipinski definition) is 4. The van der Waals surface area contributed by atoms with Gasteiger partial charge in [0.2, 0.25) is 5.91 Å². The van der Waals surface area contributed by atoms with Gasteiger partial charge in [-0.2, -0.15) is 5.26 Å². The normalized spacial score (nSPS) is 15.4. The molecule has 0 unspecified atom stereocenters. The SMILES string of the molecule is CNC(=O)C1CCN(c2cc(C(C)=O)ccc2C#N)CC1. The maximum atomic E-state index is 11.6. The average molecular weight is 285 g/mol. The highest BCUT2D eigenvalue weighted by Crippen LogP contribution is 2.27. The van der Waals surface area contributed by atoms with Crippen molar-refractivity contribution in [2.24, 2.45) is 5.92 Å². The Kier molecular flexibility index (Phi) is 4.59. The first kappa shape index (κ1) is 15.0. The highest BCUT2D eigenvalue weighted by atomic mass is 16.1. The van der Waals surface area contributed by atoms with E-state index in [1.807, 2.05) is 0 Å². The van der Waals surface area contributed by atoms with Crippen LogP contribution < -0.4 is 10.2 Å². The van der Waals surface area contributed by atoms with Gasteiger partial charge in [-0.1, -0.05) is 0 Å². The summed E-state index contributed by atoms with van der Waals surface area (Å²) < 4.78 is 0. The molecular formula is C16H19N3O2. The van der Waals surface area contributed by atoms with Crippen LogP contribution in [0.3, 0.4) is 0 Å². The first-order valence-electron chi connectivity index (χ1n) is 7.08. The lowest BCUT2D eigenvalue weighted by molar-refractivity contribution is -0.125. The molecule has 1 heterocycles. The molecule has 1 fully saturated rings. The summed E-state index contributed by atoms with van der Waals surface area (Å²) in [7, 11) is 1.65. The van der Waals surface area contributed by atoms with E-state index >= 15 is 0 Å². The fourth-order valence-electron chi connectivity index (χ4n) is 2.69. The van der Waals surface area contributed by atoms with Gasteiger partial charge in [0.05, 0.1) is 11.3 Å². The molecular weight excluding hydrogens is 266 g/mol. The number of anilines is 1. The molecule has 0 aromatic heterocycles. The Morgan fingerprint density at radius 1 is 1.33 bits per heavy atom. The van der Waals surface area contributed by atoms with Crippen LogP contribution in [0.5, 0.6) is 0 Å². The zero-order valence-corrected chi connectivity index (χ0v) is 12.3. The number of benzene rings is 1. The van der Waals surface area contributed by atoms with Crippen LogP contribution >= 0.6 is 0 Å². The molecule has 0 spiro atoms. The van der Waals surface area contributed by atoms with Crippen LogP contribution in [-0.2, 0) is 4.79 Å². The zero-order valence-electron chi connectivity index (χ0n) is 12.3. The third kappa shape index (κ3) is 3.22. The number of carbonyl (C=O) groups is 2. The third-order valence-corrected chi connectivity index (χ3v) is 3.98. The van der Waals surface area contributed by atoms with E-state index in [0.717, 1.165) is 18.5 Å². The fourth-order valence-corrected chi connectivity index (χ4v) is 2.69. The Morgan fingerprint density at radius 2 is 2.00 bits per heavy atom. The summed E-state index contributed by atoms with van der Waals surface area (Å²) in [5.41, 5.74) is 1.97. The number of carbonyl (C=O) groups excluding carboxylic acids is 2. The van der Waals surface area contributed by atoms with Crippen LogP contribution in [0.15, 0.2) is 18.2 Å². The van der Waals surface area contributed by atoms with Crippen molar-refractivity contribution in [3.63, 3.8) is 0 Å². The summed E-state index contributed by atoms with van der Waals surface area (Å²) >= 11 is 0. The summed E-state index contributed by atoms with van der Waals surface area (Å²) in [4.78, 5) is 25.2. The molecule has 0 bridgehead atoms. The topological polar surface area (TPSA) is 73.2 Å². The van der Waals surface area contributed by atoms with Crippen molar-refractivity contribution in [3.05, 3.63) is 29.3 Å². The molecule has 0 saturated carbocycles. The van der Waals surface area contributed by atoms with Gasteiger partial charge in [-0.25, -0.2) is 0 Å². The number of nitriles is 1. The third-order valence-electron chi connectivity index (χ3n) is 3.98. The van der Waals surface area contributed by atoms with Crippen molar-refractivity contribution >= 4 is 17.4 Å². The minimum absolute atomic E-state index is 0.0130. The van der Waals surface area contributed by atoms with Gasteiger partial charge in [-0.05, 0) is 38.0 Å². The number of nitrogens with zero attached hydrogens (tertiary/aromatic N) is 2. The van der Waals surface area contributed by atoms with Crippen LogP contribution in [0.4, 0.5) is 5.69 Å². The molecule has 1 aromatic carbocycles. The zero-order chi connectivity index (χ0) is 15.4. The molecule has 2 rings (SSSR count). The molecule has 1 amide bonds. The van der Waals surface area contributed by atoms with E-state index < -0.39 is 0 Å². The fraction of sp³-hybridized carbons (Fsp3) is 0.438. The number of ketones is 1. The molecule has 0 aliphatic carbocycles. The van der Waals surface area contributed by atoms with Crippen LogP contribution in [0.25, 0.3) is 0 Å². The lowest BCUT2D eigenvalue weighted by Crippen LogP contribution is -2.39. The molecule has 110 valence electrons. The van der Waals surface area contributed by atoms with Crippen molar-refractivity contribution < 1.29 is 9.59 Å². The summed E-state index contributed by atoms with van der Waals surface area (Å²) in [5.74, 6) is 0.0985. The quantitative estimate of drug-likeness (QED) is 0.858. The summed E-state index contributed by atoms with van der Waals surface area (Å²) in [5, 5.41) is 11.9. The molecule has 5 heteroatoms. The number of hydrogen-bond donors (Lipinski definition) is 1. The van der Waals surface area contributed by atoms with Crippen molar-refractivity contribution in [1.29, 1.82) is 5.26 Å². The predicted octanol–water partition coefficient (Wildman–Crippen LogP) is 1.72. The van der Waals surface area contributed by atoms with Gasteiger partial charge in [-0.3, -0.25) is 9.59 Å². The molecule has 1 aromatic rings. The lowest BCUT2D eigenvalue weighted by Gasteiger charge is -2.33. The van der Waals surface area contributed by atoms with Crippen LogP contribution in [-0.4, -0.2) is 31.8 Å². The molecule has 1 aliphatic rings. The van der Waals surface area contributed by atoms with Gasteiger partial charge >= 0.3 is 0 Å². The number of amides is 1. The highest BCUT2D eigenvalue weighted by Gasteiger charge is 2.25. The summed E-state index contributed by atoms with van der Waals surface area (Å²) in [6.07, 6.45) is 1.52. The standard InChI is InChI=1S/C16H19N3O2/c1-11(20)13-3-4-14(10-17)15(9-13)19-7-5-12(6-8-19)16(21)18-2/h3-4,9,12H,5-8H2,1-2H3,(H,18,21). The van der Waals surface area contributed by atoms with E-state index in [-0.39, 0.29) is 17.6 Å². The Balaban J connectivity index is 2.19. The van der Waals surface area contributed by atoms with Gasteiger partial charge in [0.15, 0.2) is 5.78 Å². The molecule has 5 nitrogen and oxygen atoms in total. The van der Waals surface area contributed by atoms with E-state index in [4.69, 9.17) is 0 Å². The summed E-state index contributed by atoms with van der Waals surface area (Å²) in [6.45, 7) is 2.95. The van der Waals surface area contributed by atoms with Crippen LogP contribution in [0.2, 0.25) is 0 Å². The van der Waals surface area contributed by atoms with E-state index in [2.05, 4.69) is 16.3 Å².